The smallest absolute Gasteiger partial charge is 0.271 e. The predicted molar refractivity (Wildman–Crippen MR) is 112 cm³/mol. The zero-order valence-corrected chi connectivity index (χ0v) is 17.6. The first-order valence-corrected chi connectivity index (χ1v) is 11.2. The summed E-state index contributed by atoms with van der Waals surface area (Å²) in [6.07, 6.45) is 5.08. The van der Waals surface area contributed by atoms with E-state index in [1.165, 1.54) is 11.3 Å². The molecule has 8 heteroatoms. The van der Waals surface area contributed by atoms with Crippen molar-refractivity contribution in [2.45, 2.75) is 38.1 Å². The highest BCUT2D eigenvalue weighted by Gasteiger charge is 2.33. The summed E-state index contributed by atoms with van der Waals surface area (Å²) >= 11 is 13.5. The molecule has 5 nitrogen and oxygen atoms in total. The van der Waals surface area contributed by atoms with Gasteiger partial charge in [-0.2, -0.15) is 0 Å². The summed E-state index contributed by atoms with van der Waals surface area (Å²) in [6.45, 7) is 1.30. The second kappa shape index (κ2) is 8.39. The molecule has 1 saturated heterocycles. The van der Waals surface area contributed by atoms with E-state index in [0.717, 1.165) is 37.7 Å². The topological polar surface area (TPSA) is 62.3 Å². The molecule has 1 unspecified atom stereocenters. The van der Waals surface area contributed by atoms with Gasteiger partial charge >= 0.3 is 0 Å². The van der Waals surface area contributed by atoms with Gasteiger partial charge in [0.25, 0.3) is 5.91 Å². The molecule has 0 radical (unpaired) electrons. The number of aromatic nitrogens is 1. The number of nitrogens with zero attached hydrogens (tertiary/aromatic N) is 2. The molecule has 2 amide bonds. The van der Waals surface area contributed by atoms with Gasteiger partial charge in [-0.3, -0.25) is 9.59 Å². The SMILES string of the molecule is O=C(NC1CCN(C(=O)C2CCCC2)C1)c1csc(-c2ccc(Cl)cc2Cl)n1. The summed E-state index contributed by atoms with van der Waals surface area (Å²) in [7, 11) is 0. The van der Waals surface area contributed by atoms with Crippen LogP contribution in [0, 0.1) is 5.92 Å². The van der Waals surface area contributed by atoms with Gasteiger partial charge in [0.2, 0.25) is 5.91 Å². The molecule has 0 bridgehead atoms. The number of hydrogen-bond donors (Lipinski definition) is 1. The van der Waals surface area contributed by atoms with Crippen LogP contribution in [-0.2, 0) is 4.79 Å². The monoisotopic (exact) mass is 437 g/mol. The number of nitrogens with one attached hydrogen (secondary N) is 1. The molecule has 2 fully saturated rings. The van der Waals surface area contributed by atoms with Crippen LogP contribution < -0.4 is 5.32 Å². The number of halogens is 2. The molecule has 28 heavy (non-hydrogen) atoms. The minimum Gasteiger partial charge on any atom is -0.346 e. The average molecular weight is 438 g/mol. The fraction of sp³-hybridized carbons (Fsp3) is 0.450. The number of benzene rings is 1. The van der Waals surface area contributed by atoms with Gasteiger partial charge in [-0.1, -0.05) is 36.0 Å². The molecule has 2 heterocycles. The Morgan fingerprint density at radius 2 is 1.96 bits per heavy atom. The molecule has 1 aromatic heterocycles. The van der Waals surface area contributed by atoms with Gasteiger partial charge in [-0.05, 0) is 37.5 Å². The Morgan fingerprint density at radius 1 is 1.18 bits per heavy atom. The van der Waals surface area contributed by atoms with Crippen molar-refractivity contribution in [2.24, 2.45) is 5.92 Å². The predicted octanol–water partition coefficient (Wildman–Crippen LogP) is 4.64. The molecule has 2 aliphatic rings. The number of carbonyl (C=O) groups excluding carboxylic acids is 2. The van der Waals surface area contributed by atoms with Crippen LogP contribution in [0.2, 0.25) is 10.0 Å². The molecule has 148 valence electrons. The third-order valence-corrected chi connectivity index (χ3v) is 6.86. The van der Waals surface area contributed by atoms with E-state index < -0.39 is 0 Å². The highest BCUT2D eigenvalue weighted by Crippen LogP contribution is 2.32. The van der Waals surface area contributed by atoms with Gasteiger partial charge in [-0.25, -0.2) is 4.98 Å². The molecule has 4 rings (SSSR count). The van der Waals surface area contributed by atoms with E-state index in [2.05, 4.69) is 10.3 Å². The minimum atomic E-state index is -0.215. The quantitative estimate of drug-likeness (QED) is 0.757. The third-order valence-electron chi connectivity index (χ3n) is 5.44. The van der Waals surface area contributed by atoms with Crippen molar-refractivity contribution in [3.8, 4) is 10.6 Å². The highest BCUT2D eigenvalue weighted by molar-refractivity contribution is 7.13. The normalized spacial score (nSPS) is 19.9. The van der Waals surface area contributed by atoms with Crippen molar-refractivity contribution >= 4 is 46.4 Å². The fourth-order valence-corrected chi connectivity index (χ4v) is 5.33. The number of hydrogen-bond acceptors (Lipinski definition) is 4. The van der Waals surface area contributed by atoms with Gasteiger partial charge in [0, 0.05) is 41.0 Å². The molecule has 2 aromatic rings. The number of amides is 2. The van der Waals surface area contributed by atoms with Gasteiger partial charge in [0.15, 0.2) is 0 Å². The zero-order chi connectivity index (χ0) is 19.7. The van der Waals surface area contributed by atoms with Crippen LogP contribution in [0.5, 0.6) is 0 Å². The molecule has 1 aromatic carbocycles. The van der Waals surface area contributed by atoms with Crippen LogP contribution in [-0.4, -0.2) is 40.8 Å². The van der Waals surface area contributed by atoms with E-state index in [1.54, 1.807) is 23.6 Å². The lowest BCUT2D eigenvalue weighted by molar-refractivity contribution is -0.134. The van der Waals surface area contributed by atoms with Crippen LogP contribution in [0.1, 0.15) is 42.6 Å². The van der Waals surface area contributed by atoms with E-state index in [9.17, 15) is 9.59 Å². The summed E-state index contributed by atoms with van der Waals surface area (Å²) in [5.41, 5.74) is 1.12. The van der Waals surface area contributed by atoms with Crippen LogP contribution in [0.15, 0.2) is 23.6 Å². The Labute approximate surface area is 178 Å². The third kappa shape index (κ3) is 4.19. The van der Waals surface area contributed by atoms with E-state index >= 15 is 0 Å². The van der Waals surface area contributed by atoms with Crippen LogP contribution in [0.3, 0.4) is 0 Å². The van der Waals surface area contributed by atoms with E-state index in [0.29, 0.717) is 33.8 Å². The Balaban J connectivity index is 1.37. The zero-order valence-electron chi connectivity index (χ0n) is 15.3. The maximum Gasteiger partial charge on any atom is 0.271 e. The van der Waals surface area contributed by atoms with Crippen molar-refractivity contribution in [1.29, 1.82) is 0 Å². The lowest BCUT2D eigenvalue weighted by atomic mass is 10.1. The van der Waals surface area contributed by atoms with Crippen LogP contribution in [0.25, 0.3) is 10.6 Å². The fourth-order valence-electron chi connectivity index (χ4n) is 3.93. The average Bonchev–Trinajstić information content (AvgIpc) is 3.42. The molecular formula is C20H21Cl2N3O2S. The Hall–Kier alpha value is -1.63. The molecule has 1 N–H and O–H groups in total. The molecule has 1 saturated carbocycles. The van der Waals surface area contributed by atoms with Crippen molar-refractivity contribution in [2.75, 3.05) is 13.1 Å². The summed E-state index contributed by atoms with van der Waals surface area (Å²) in [6, 6.07) is 5.18. The summed E-state index contributed by atoms with van der Waals surface area (Å²) < 4.78 is 0. The van der Waals surface area contributed by atoms with Crippen molar-refractivity contribution in [3.05, 3.63) is 39.3 Å². The minimum absolute atomic E-state index is 0.0258. The number of carbonyl (C=O) groups is 2. The first-order valence-electron chi connectivity index (χ1n) is 9.52. The van der Waals surface area contributed by atoms with Gasteiger partial charge < -0.3 is 10.2 Å². The van der Waals surface area contributed by atoms with E-state index in [-0.39, 0.29) is 23.8 Å². The molecule has 1 aliphatic heterocycles. The molecule has 1 aliphatic carbocycles. The summed E-state index contributed by atoms with van der Waals surface area (Å²) in [5.74, 6) is 0.218. The maximum absolute atomic E-state index is 12.6. The second-order valence-electron chi connectivity index (χ2n) is 7.39. The first-order chi connectivity index (χ1) is 13.5. The van der Waals surface area contributed by atoms with Gasteiger partial charge in [-0.15, -0.1) is 11.3 Å². The largest absolute Gasteiger partial charge is 0.346 e. The van der Waals surface area contributed by atoms with Crippen LogP contribution in [0.4, 0.5) is 0 Å². The highest BCUT2D eigenvalue weighted by atomic mass is 35.5. The Kier molecular flexibility index (Phi) is 5.90. The van der Waals surface area contributed by atoms with E-state index in [1.807, 2.05) is 4.90 Å². The standard InChI is InChI=1S/C20H21Cl2N3O2S/c21-13-5-6-15(16(22)9-13)19-24-17(11-28-19)18(26)23-14-7-8-25(10-14)20(27)12-3-1-2-4-12/h5-6,9,11-12,14H,1-4,7-8,10H2,(H,23,26). The first kappa shape index (κ1) is 19.7. The summed E-state index contributed by atoms with van der Waals surface area (Å²) in [4.78, 5) is 31.5. The van der Waals surface area contributed by atoms with Crippen LogP contribution >= 0.6 is 34.5 Å². The van der Waals surface area contributed by atoms with Crippen molar-refractivity contribution in [3.63, 3.8) is 0 Å². The number of rotatable bonds is 4. The van der Waals surface area contributed by atoms with Gasteiger partial charge in [0.05, 0.1) is 5.02 Å². The lowest BCUT2D eigenvalue weighted by Crippen LogP contribution is -2.40. The molecule has 0 spiro atoms. The second-order valence-corrected chi connectivity index (χ2v) is 9.09. The summed E-state index contributed by atoms with van der Waals surface area (Å²) in [5, 5.41) is 6.48. The Bertz CT molecular complexity index is 895. The lowest BCUT2D eigenvalue weighted by Gasteiger charge is -2.20. The van der Waals surface area contributed by atoms with E-state index in [4.69, 9.17) is 23.2 Å². The van der Waals surface area contributed by atoms with Gasteiger partial charge in [0.1, 0.15) is 10.7 Å². The molecular weight excluding hydrogens is 417 g/mol. The Morgan fingerprint density at radius 3 is 2.71 bits per heavy atom. The number of likely N-dealkylation sites (tertiary alicyclic amines) is 1. The van der Waals surface area contributed by atoms with Crippen molar-refractivity contribution in [1.82, 2.24) is 15.2 Å². The number of thiazole rings is 1. The molecule has 1 atom stereocenters. The van der Waals surface area contributed by atoms with Crippen molar-refractivity contribution < 1.29 is 9.59 Å². The maximum atomic E-state index is 12.6.